The van der Waals surface area contributed by atoms with E-state index in [4.69, 9.17) is 18.9 Å². The van der Waals surface area contributed by atoms with Crippen molar-refractivity contribution < 1.29 is 33.3 Å². The Morgan fingerprint density at radius 2 is 1.74 bits per heavy atom. The normalized spacial score (nSPS) is 25.2. The SMILES string of the molecule is COC(=O)C1=C(C(=O)OC)[C@]2(OC)O[C@H]1C(=O)c1ccccc12. The molecular weight excluding hydrogens is 304 g/mol. The average molecular weight is 318 g/mol. The number of rotatable bonds is 3. The topological polar surface area (TPSA) is 88.1 Å². The number of methoxy groups -OCH3 is 3. The summed E-state index contributed by atoms with van der Waals surface area (Å²) in [5.41, 5.74) is 0.314. The highest BCUT2D eigenvalue weighted by Gasteiger charge is 2.61. The van der Waals surface area contributed by atoms with Crippen molar-refractivity contribution in [2.45, 2.75) is 11.9 Å². The van der Waals surface area contributed by atoms with Crippen LogP contribution in [0.25, 0.3) is 0 Å². The van der Waals surface area contributed by atoms with Crippen LogP contribution in [0.5, 0.6) is 0 Å². The third-order valence-corrected chi connectivity index (χ3v) is 4.01. The minimum absolute atomic E-state index is 0.169. The van der Waals surface area contributed by atoms with E-state index in [0.717, 1.165) is 7.11 Å². The highest BCUT2D eigenvalue weighted by atomic mass is 16.7. The average Bonchev–Trinajstić information content (AvgIpc) is 2.92. The quantitative estimate of drug-likeness (QED) is 0.759. The van der Waals surface area contributed by atoms with Crippen LogP contribution in [-0.4, -0.2) is 45.2 Å². The van der Waals surface area contributed by atoms with Crippen LogP contribution in [0.2, 0.25) is 0 Å². The number of Topliss-reactive ketones (excluding diaryl/α,β-unsaturated/α-hetero) is 1. The van der Waals surface area contributed by atoms with E-state index in [9.17, 15) is 14.4 Å². The van der Waals surface area contributed by atoms with Gasteiger partial charge in [0.2, 0.25) is 5.79 Å². The Balaban J connectivity index is 2.36. The van der Waals surface area contributed by atoms with Crippen molar-refractivity contribution in [1.29, 1.82) is 0 Å². The minimum Gasteiger partial charge on any atom is -0.466 e. The molecule has 0 unspecified atom stereocenters. The number of ketones is 1. The Hall–Kier alpha value is -2.51. The molecule has 0 fully saturated rings. The van der Waals surface area contributed by atoms with Crippen LogP contribution >= 0.6 is 0 Å². The van der Waals surface area contributed by atoms with Crippen molar-refractivity contribution in [3.05, 3.63) is 46.5 Å². The lowest BCUT2D eigenvalue weighted by molar-refractivity contribution is -0.207. The van der Waals surface area contributed by atoms with Gasteiger partial charge in [0.1, 0.15) is 5.57 Å². The molecule has 0 N–H and O–H groups in total. The highest BCUT2D eigenvalue weighted by molar-refractivity contribution is 6.15. The highest BCUT2D eigenvalue weighted by Crippen LogP contribution is 2.50. The molecule has 0 saturated heterocycles. The molecule has 2 heterocycles. The predicted octanol–water partition coefficient (Wildman–Crippen LogP) is 0.723. The maximum absolute atomic E-state index is 12.6. The second kappa shape index (κ2) is 5.29. The van der Waals surface area contributed by atoms with E-state index in [2.05, 4.69) is 0 Å². The van der Waals surface area contributed by atoms with Crippen LogP contribution in [0.3, 0.4) is 0 Å². The molecule has 2 bridgehead atoms. The maximum Gasteiger partial charge on any atom is 0.340 e. The monoisotopic (exact) mass is 318 g/mol. The summed E-state index contributed by atoms with van der Waals surface area (Å²) in [6.45, 7) is 0. The zero-order chi connectivity index (χ0) is 16.8. The molecule has 0 spiro atoms. The van der Waals surface area contributed by atoms with E-state index in [1.807, 2.05) is 0 Å². The van der Waals surface area contributed by atoms with Gasteiger partial charge in [-0.05, 0) is 0 Å². The lowest BCUT2D eigenvalue weighted by atomic mass is 9.92. The van der Waals surface area contributed by atoms with E-state index in [0.29, 0.717) is 11.1 Å². The zero-order valence-electron chi connectivity index (χ0n) is 12.7. The van der Waals surface area contributed by atoms with Gasteiger partial charge in [0, 0.05) is 18.2 Å². The first-order valence-electron chi connectivity index (χ1n) is 6.79. The fourth-order valence-corrected chi connectivity index (χ4v) is 3.03. The molecule has 0 amide bonds. The van der Waals surface area contributed by atoms with Crippen molar-refractivity contribution in [3.63, 3.8) is 0 Å². The Kier molecular flexibility index (Phi) is 3.54. The lowest BCUT2D eigenvalue weighted by Gasteiger charge is -2.34. The molecule has 3 rings (SSSR count). The van der Waals surface area contributed by atoms with Gasteiger partial charge in [-0.2, -0.15) is 0 Å². The van der Waals surface area contributed by atoms with E-state index in [1.54, 1.807) is 24.3 Å². The van der Waals surface area contributed by atoms with Gasteiger partial charge in [-0.1, -0.05) is 24.3 Å². The second-order valence-electron chi connectivity index (χ2n) is 5.00. The third-order valence-electron chi connectivity index (χ3n) is 4.01. The van der Waals surface area contributed by atoms with Gasteiger partial charge in [-0.15, -0.1) is 0 Å². The summed E-state index contributed by atoms with van der Waals surface area (Å²) in [5.74, 6) is -3.77. The maximum atomic E-state index is 12.6. The third kappa shape index (κ3) is 1.87. The van der Waals surface area contributed by atoms with Crippen molar-refractivity contribution in [2.24, 2.45) is 0 Å². The molecule has 0 aromatic heterocycles. The lowest BCUT2D eigenvalue weighted by Crippen LogP contribution is -2.42. The van der Waals surface area contributed by atoms with Crippen molar-refractivity contribution in [1.82, 2.24) is 0 Å². The molecule has 23 heavy (non-hydrogen) atoms. The fraction of sp³-hybridized carbons (Fsp3) is 0.312. The standard InChI is InChI=1S/C16H14O7/c1-20-14(18)10-11(15(19)21-2)16(22-3)9-7-5-4-6-8(9)12(17)13(10)23-16/h4-7,13H,1-3H3/t13-,16-/m1/s1. The number of hydrogen-bond acceptors (Lipinski definition) is 7. The Bertz CT molecular complexity index is 749. The molecule has 120 valence electrons. The molecule has 7 heteroatoms. The fourth-order valence-electron chi connectivity index (χ4n) is 3.03. The Morgan fingerprint density at radius 3 is 2.35 bits per heavy atom. The molecule has 2 aliphatic rings. The van der Waals surface area contributed by atoms with E-state index >= 15 is 0 Å². The summed E-state index contributed by atoms with van der Waals surface area (Å²) in [4.78, 5) is 37.1. The number of carbonyl (C=O) groups excluding carboxylic acids is 3. The molecule has 7 nitrogen and oxygen atoms in total. The van der Waals surface area contributed by atoms with Gasteiger partial charge >= 0.3 is 11.9 Å². The van der Waals surface area contributed by atoms with Crippen molar-refractivity contribution in [3.8, 4) is 0 Å². The van der Waals surface area contributed by atoms with Crippen LogP contribution in [0.4, 0.5) is 0 Å². The van der Waals surface area contributed by atoms with Crippen molar-refractivity contribution in [2.75, 3.05) is 21.3 Å². The second-order valence-corrected chi connectivity index (χ2v) is 5.00. The molecule has 0 aliphatic carbocycles. The van der Waals surface area contributed by atoms with Crippen LogP contribution in [0.15, 0.2) is 35.4 Å². The molecule has 1 aromatic carbocycles. The smallest absolute Gasteiger partial charge is 0.340 e. The van der Waals surface area contributed by atoms with Gasteiger partial charge < -0.3 is 18.9 Å². The molecule has 0 radical (unpaired) electrons. The summed E-state index contributed by atoms with van der Waals surface area (Å²) < 4.78 is 20.6. The van der Waals surface area contributed by atoms with Crippen LogP contribution < -0.4 is 0 Å². The Morgan fingerprint density at radius 1 is 1.09 bits per heavy atom. The summed E-state index contributed by atoms with van der Waals surface area (Å²) in [7, 11) is 3.65. The van der Waals surface area contributed by atoms with E-state index < -0.39 is 29.6 Å². The first-order chi connectivity index (χ1) is 11.0. The van der Waals surface area contributed by atoms with Gasteiger partial charge in [-0.3, -0.25) is 4.79 Å². The first kappa shape index (κ1) is 15.4. The summed E-state index contributed by atoms with van der Waals surface area (Å²) in [6.07, 6.45) is -1.27. The Labute approximate surface area is 131 Å². The van der Waals surface area contributed by atoms with Gasteiger partial charge in [0.05, 0.1) is 19.8 Å². The van der Waals surface area contributed by atoms with Crippen molar-refractivity contribution >= 4 is 17.7 Å². The molecule has 2 atom stereocenters. The number of hydrogen-bond donors (Lipinski definition) is 0. The largest absolute Gasteiger partial charge is 0.466 e. The predicted molar refractivity (Wildman–Crippen MR) is 75.4 cm³/mol. The zero-order valence-corrected chi connectivity index (χ0v) is 12.7. The minimum atomic E-state index is -1.67. The first-order valence-corrected chi connectivity index (χ1v) is 6.79. The van der Waals surface area contributed by atoms with Gasteiger partial charge in [0.15, 0.2) is 11.9 Å². The number of fused-ring (bicyclic) bond motifs is 4. The summed E-state index contributed by atoms with van der Waals surface area (Å²) >= 11 is 0. The van der Waals surface area contributed by atoms with Gasteiger partial charge in [-0.25, -0.2) is 9.59 Å². The number of ether oxygens (including phenoxy) is 4. The van der Waals surface area contributed by atoms with Crippen LogP contribution in [-0.2, 0) is 34.3 Å². The number of esters is 2. The van der Waals surface area contributed by atoms with E-state index in [-0.39, 0.29) is 11.1 Å². The summed E-state index contributed by atoms with van der Waals surface area (Å²) in [6, 6.07) is 6.56. The molecule has 2 aliphatic heterocycles. The molecule has 1 aromatic rings. The van der Waals surface area contributed by atoms with Crippen LogP contribution in [0, 0.1) is 0 Å². The molecular formula is C16H14O7. The number of carbonyl (C=O) groups is 3. The van der Waals surface area contributed by atoms with E-state index in [1.165, 1.54) is 14.2 Å². The summed E-state index contributed by atoms with van der Waals surface area (Å²) in [5, 5.41) is 0. The molecule has 0 saturated carbocycles. The number of benzene rings is 1. The van der Waals surface area contributed by atoms with Gasteiger partial charge in [0.25, 0.3) is 0 Å². The van der Waals surface area contributed by atoms with Crippen LogP contribution in [0.1, 0.15) is 15.9 Å².